The Labute approximate surface area is 165 Å². The number of nitrogens with zero attached hydrogens (tertiary/aromatic N) is 6. The highest BCUT2D eigenvalue weighted by Gasteiger charge is 2.47. The molecular formula is C18H24N6O3S. The summed E-state index contributed by atoms with van der Waals surface area (Å²) in [5, 5.41) is 8.37. The third-order valence-electron chi connectivity index (χ3n) is 5.07. The van der Waals surface area contributed by atoms with Gasteiger partial charge in [-0.3, -0.25) is 0 Å². The monoisotopic (exact) mass is 404 g/mol. The number of aromatic nitrogens is 3. The van der Waals surface area contributed by atoms with E-state index < -0.39 is 10.0 Å². The van der Waals surface area contributed by atoms with Gasteiger partial charge in [0, 0.05) is 25.8 Å². The van der Waals surface area contributed by atoms with Crippen LogP contribution in [0.4, 0.5) is 5.82 Å². The highest BCUT2D eigenvalue weighted by atomic mass is 32.2. The van der Waals surface area contributed by atoms with Crippen LogP contribution in [0.3, 0.4) is 0 Å². The number of hydrogen-bond donors (Lipinski definition) is 0. The quantitative estimate of drug-likeness (QED) is 0.722. The summed E-state index contributed by atoms with van der Waals surface area (Å²) in [6.07, 6.45) is 1.22. The average Bonchev–Trinajstić information content (AvgIpc) is 3.02. The highest BCUT2D eigenvalue weighted by Crippen LogP contribution is 2.35. The Balaban J connectivity index is 1.71. The van der Waals surface area contributed by atoms with Gasteiger partial charge >= 0.3 is 0 Å². The van der Waals surface area contributed by atoms with Crippen molar-refractivity contribution in [2.45, 2.75) is 24.0 Å². The number of fused-ring (bicyclic) bond motifs is 2. The van der Waals surface area contributed by atoms with E-state index in [1.165, 1.54) is 0 Å². The number of pyridine rings is 1. The summed E-state index contributed by atoms with van der Waals surface area (Å²) in [4.78, 5) is 8.31. The van der Waals surface area contributed by atoms with Crippen LogP contribution in [0.15, 0.2) is 35.4 Å². The Kier molecular flexibility index (Phi) is 4.94. The van der Waals surface area contributed by atoms with Crippen molar-refractivity contribution in [1.82, 2.24) is 24.4 Å². The third kappa shape index (κ3) is 3.43. The zero-order valence-electron chi connectivity index (χ0n) is 16.2. The zero-order chi connectivity index (χ0) is 19.9. The number of hydrogen-bond acceptors (Lipinski definition) is 8. The van der Waals surface area contributed by atoms with E-state index in [1.807, 2.05) is 43.0 Å². The number of sulfonamides is 1. The molecule has 0 radical (unpaired) electrons. The van der Waals surface area contributed by atoms with Gasteiger partial charge in [0.1, 0.15) is 11.0 Å². The first-order valence-electron chi connectivity index (χ1n) is 9.20. The Hall–Kier alpha value is -2.30. The van der Waals surface area contributed by atoms with E-state index in [4.69, 9.17) is 4.74 Å². The molecule has 4 heterocycles. The Morgan fingerprint density at radius 3 is 2.75 bits per heavy atom. The molecule has 0 aliphatic carbocycles. The van der Waals surface area contributed by atoms with E-state index in [2.05, 4.69) is 15.2 Å². The molecule has 2 atom stereocenters. The lowest BCUT2D eigenvalue weighted by Crippen LogP contribution is -2.49. The lowest BCUT2D eigenvalue weighted by Gasteiger charge is -2.29. The molecule has 4 rings (SSSR count). The van der Waals surface area contributed by atoms with Crippen LogP contribution in [-0.4, -0.2) is 85.2 Å². The number of rotatable bonds is 4. The number of likely N-dealkylation sites (N-methyl/N-ethyl adjacent to an activating group) is 1. The minimum Gasteiger partial charge on any atom is -0.470 e. The predicted octanol–water partition coefficient (Wildman–Crippen LogP) is 0.382. The fraction of sp³-hybridized carbons (Fsp3) is 0.500. The van der Waals surface area contributed by atoms with Gasteiger partial charge in [-0.05, 0) is 45.3 Å². The van der Waals surface area contributed by atoms with Crippen molar-refractivity contribution in [3.8, 4) is 5.88 Å². The molecule has 0 amide bonds. The maximum Gasteiger partial charge on any atom is 0.248 e. The van der Waals surface area contributed by atoms with E-state index in [0.717, 1.165) is 5.69 Å². The smallest absolute Gasteiger partial charge is 0.248 e. The molecule has 0 N–H and O–H groups in total. The molecule has 0 aromatic carbocycles. The largest absolute Gasteiger partial charge is 0.470 e. The van der Waals surface area contributed by atoms with Gasteiger partial charge in [-0.25, -0.2) is 13.4 Å². The Morgan fingerprint density at radius 1 is 1.21 bits per heavy atom. The molecule has 10 heteroatoms. The second kappa shape index (κ2) is 7.26. The summed E-state index contributed by atoms with van der Waals surface area (Å²) in [5.41, 5.74) is 0.835. The summed E-state index contributed by atoms with van der Waals surface area (Å²) in [5.74, 6) is 0.884. The van der Waals surface area contributed by atoms with Gasteiger partial charge in [-0.2, -0.15) is 9.40 Å². The minimum atomic E-state index is -3.73. The summed E-state index contributed by atoms with van der Waals surface area (Å²) < 4.78 is 34.5. The lowest BCUT2D eigenvalue weighted by atomic mass is 10.2. The van der Waals surface area contributed by atoms with Crippen LogP contribution in [0, 0.1) is 6.92 Å². The molecule has 0 saturated carbocycles. The van der Waals surface area contributed by atoms with Crippen molar-refractivity contribution < 1.29 is 13.2 Å². The van der Waals surface area contributed by atoms with E-state index in [9.17, 15) is 8.42 Å². The molecule has 1 saturated heterocycles. The van der Waals surface area contributed by atoms with Crippen LogP contribution < -0.4 is 9.64 Å². The highest BCUT2D eigenvalue weighted by molar-refractivity contribution is 7.89. The molecule has 0 unspecified atom stereocenters. The molecule has 2 aliphatic rings. The van der Waals surface area contributed by atoms with Crippen LogP contribution in [0.2, 0.25) is 0 Å². The van der Waals surface area contributed by atoms with Crippen LogP contribution in [0.25, 0.3) is 0 Å². The summed E-state index contributed by atoms with van der Waals surface area (Å²) in [7, 11) is 0.130. The summed E-state index contributed by atoms with van der Waals surface area (Å²) in [6.45, 7) is 3.88. The standard InChI is InChI=1S/C18H24N6O3S/c1-13-6-7-17(21-20-13)23-11-14-15(12-23)27-18-16(5-4-8-19-18)28(25,26)24(14)10-9-22(2)3/h4-8,14-15H,9-12H2,1-3H3/t14-,15-/m1/s1. The molecule has 2 aromatic rings. The van der Waals surface area contributed by atoms with Gasteiger partial charge in [0.15, 0.2) is 5.82 Å². The van der Waals surface area contributed by atoms with Crippen molar-refractivity contribution in [2.24, 2.45) is 0 Å². The van der Waals surface area contributed by atoms with E-state index >= 15 is 0 Å². The van der Waals surface area contributed by atoms with Gasteiger partial charge < -0.3 is 14.5 Å². The number of anilines is 1. The SMILES string of the molecule is Cc1ccc(N2C[C@@H]3[C@@H](C2)Oc2ncccc2S(=O)(=O)N3CCN(C)C)nn1. The van der Waals surface area contributed by atoms with Crippen LogP contribution >= 0.6 is 0 Å². The molecule has 150 valence electrons. The van der Waals surface area contributed by atoms with Crippen LogP contribution in [0.5, 0.6) is 5.88 Å². The van der Waals surface area contributed by atoms with Crippen molar-refractivity contribution in [3.63, 3.8) is 0 Å². The van der Waals surface area contributed by atoms with Crippen LogP contribution in [0.1, 0.15) is 5.69 Å². The van der Waals surface area contributed by atoms with Gasteiger partial charge in [-0.1, -0.05) is 0 Å². The molecule has 2 aliphatic heterocycles. The first kappa shape index (κ1) is 19.0. The van der Waals surface area contributed by atoms with E-state index in [0.29, 0.717) is 32.0 Å². The molecule has 9 nitrogen and oxygen atoms in total. The lowest BCUT2D eigenvalue weighted by molar-refractivity contribution is 0.145. The normalized spacial score (nSPS) is 23.8. The first-order valence-corrected chi connectivity index (χ1v) is 10.6. The van der Waals surface area contributed by atoms with Crippen LogP contribution in [-0.2, 0) is 10.0 Å². The molecule has 28 heavy (non-hydrogen) atoms. The van der Waals surface area contributed by atoms with Gasteiger partial charge in [0.2, 0.25) is 15.9 Å². The van der Waals surface area contributed by atoms with Crippen molar-refractivity contribution in [3.05, 3.63) is 36.2 Å². The molecular weight excluding hydrogens is 380 g/mol. The zero-order valence-corrected chi connectivity index (χ0v) is 17.0. The van der Waals surface area contributed by atoms with E-state index in [1.54, 1.807) is 22.6 Å². The maximum absolute atomic E-state index is 13.4. The first-order chi connectivity index (χ1) is 13.4. The van der Waals surface area contributed by atoms with Crippen molar-refractivity contribution in [1.29, 1.82) is 0 Å². The predicted molar refractivity (Wildman–Crippen MR) is 104 cm³/mol. The van der Waals surface area contributed by atoms with Crippen molar-refractivity contribution >= 4 is 15.8 Å². The topological polar surface area (TPSA) is 91.8 Å². The second-order valence-electron chi connectivity index (χ2n) is 7.39. The average molecular weight is 404 g/mol. The molecule has 1 fully saturated rings. The van der Waals surface area contributed by atoms with Gasteiger partial charge in [0.05, 0.1) is 18.3 Å². The molecule has 2 aromatic heterocycles. The second-order valence-corrected chi connectivity index (χ2v) is 9.25. The summed E-state index contributed by atoms with van der Waals surface area (Å²) in [6, 6.07) is 6.65. The minimum absolute atomic E-state index is 0.129. The maximum atomic E-state index is 13.4. The molecule has 0 spiro atoms. The fourth-order valence-corrected chi connectivity index (χ4v) is 5.30. The van der Waals surface area contributed by atoms with Crippen molar-refractivity contribution in [2.75, 3.05) is 45.2 Å². The van der Waals surface area contributed by atoms with Gasteiger partial charge in [-0.15, -0.1) is 5.10 Å². The number of ether oxygens (including phenoxy) is 1. The third-order valence-corrected chi connectivity index (χ3v) is 7.01. The number of aryl methyl sites for hydroxylation is 1. The van der Waals surface area contributed by atoms with E-state index in [-0.39, 0.29) is 22.9 Å². The molecule has 0 bridgehead atoms. The summed E-state index contributed by atoms with van der Waals surface area (Å²) >= 11 is 0. The van der Waals surface area contributed by atoms with Gasteiger partial charge in [0.25, 0.3) is 0 Å². The Morgan fingerprint density at radius 2 is 2.04 bits per heavy atom. The Bertz CT molecular complexity index is 950. The fourth-order valence-electron chi connectivity index (χ4n) is 3.59.